The predicted molar refractivity (Wildman–Crippen MR) is 111 cm³/mol. The fraction of sp³-hybridized carbons (Fsp3) is 0.200. The van der Waals surface area contributed by atoms with Crippen LogP contribution in [-0.2, 0) is 22.4 Å². The molecule has 1 aromatic heterocycles. The molecule has 0 spiro atoms. The Kier molecular flexibility index (Phi) is 6.63. The number of ether oxygens (including phenoxy) is 2. The van der Waals surface area contributed by atoms with Gasteiger partial charge in [-0.3, -0.25) is 4.79 Å². The maximum absolute atomic E-state index is 14.4. The third-order valence-electron chi connectivity index (χ3n) is 4.19. The highest BCUT2D eigenvalue weighted by molar-refractivity contribution is 7.73. The molecular weight excluding hydrogens is 415 g/mol. The van der Waals surface area contributed by atoms with Crippen LogP contribution < -0.4 is 10.5 Å². The minimum absolute atomic E-state index is 0.0354. The van der Waals surface area contributed by atoms with E-state index in [0.29, 0.717) is 32.3 Å². The largest absolute Gasteiger partial charge is 0.494 e. The zero-order valence-corrected chi connectivity index (χ0v) is 17.1. The zero-order valence-electron chi connectivity index (χ0n) is 15.5. The number of carbonyl (C=O) groups excluding carboxylic acids is 1. The smallest absolute Gasteiger partial charge is 0.322 e. The molecule has 0 aliphatic rings. The van der Waals surface area contributed by atoms with Gasteiger partial charge in [0.2, 0.25) is 5.88 Å². The van der Waals surface area contributed by atoms with Gasteiger partial charge < -0.3 is 25.3 Å². The van der Waals surface area contributed by atoms with Crippen molar-refractivity contribution in [2.75, 3.05) is 7.11 Å². The Morgan fingerprint density at radius 1 is 1.28 bits per heavy atom. The molecule has 6 nitrogen and oxygen atoms in total. The number of hydrogen-bond donors (Lipinski definition) is 3. The van der Waals surface area contributed by atoms with E-state index in [9.17, 15) is 14.3 Å². The Morgan fingerprint density at radius 3 is 2.55 bits per heavy atom. The van der Waals surface area contributed by atoms with Gasteiger partial charge >= 0.3 is 5.97 Å². The predicted octanol–water partition coefficient (Wildman–Crippen LogP) is 4.08. The topological polar surface area (TPSA) is 97.6 Å². The lowest BCUT2D eigenvalue weighted by molar-refractivity contribution is -0.142. The molecule has 0 aliphatic carbocycles. The van der Waals surface area contributed by atoms with Crippen molar-refractivity contribution >= 4 is 29.5 Å². The highest BCUT2D eigenvalue weighted by Crippen LogP contribution is 2.28. The first kappa shape index (κ1) is 21.0. The van der Waals surface area contributed by atoms with E-state index in [1.54, 1.807) is 36.4 Å². The number of hydrogen-bond acceptors (Lipinski definition) is 7. The molecule has 0 radical (unpaired) electrons. The number of esters is 1. The summed E-state index contributed by atoms with van der Waals surface area (Å²) in [5.74, 6) is -0.0859. The first-order chi connectivity index (χ1) is 13.9. The summed E-state index contributed by atoms with van der Waals surface area (Å²) in [6.07, 6.45) is 0.570. The van der Waals surface area contributed by atoms with Gasteiger partial charge in [-0.05, 0) is 48.0 Å². The standard InChI is InChI=1S/C20H19FN2O4S2/c1-26-19(25)16(22)8-11-2-5-13(6-3-11)27-14-7-4-12(15(21)10-14)9-17-18(24)23-20(28)29-17/h2-7,10,16,24H,8-9,22H2,1H3,(H,23,28)/t16-/m0/s1. The summed E-state index contributed by atoms with van der Waals surface area (Å²) in [5.41, 5.74) is 7.02. The number of aromatic amines is 1. The summed E-state index contributed by atoms with van der Waals surface area (Å²) in [6, 6.07) is 10.8. The molecule has 0 fully saturated rings. The van der Waals surface area contributed by atoms with Crippen LogP contribution in [0.3, 0.4) is 0 Å². The number of aromatic hydroxyl groups is 1. The van der Waals surface area contributed by atoms with Gasteiger partial charge in [-0.2, -0.15) is 0 Å². The molecule has 0 unspecified atom stereocenters. The summed E-state index contributed by atoms with van der Waals surface area (Å²) in [7, 11) is 1.29. The molecule has 9 heteroatoms. The molecule has 0 bridgehead atoms. The second kappa shape index (κ2) is 9.17. The van der Waals surface area contributed by atoms with E-state index in [-0.39, 0.29) is 12.3 Å². The van der Waals surface area contributed by atoms with Crippen LogP contribution in [0.1, 0.15) is 16.0 Å². The van der Waals surface area contributed by atoms with Crippen LogP contribution in [0.15, 0.2) is 42.5 Å². The number of rotatable bonds is 7. The van der Waals surface area contributed by atoms with Crippen molar-refractivity contribution in [2.45, 2.75) is 18.9 Å². The number of thiazole rings is 1. The lowest BCUT2D eigenvalue weighted by atomic mass is 10.1. The summed E-state index contributed by atoms with van der Waals surface area (Å²) < 4.78 is 25.2. The summed E-state index contributed by atoms with van der Waals surface area (Å²) >= 11 is 6.18. The Hall–Kier alpha value is -2.75. The number of aromatic nitrogens is 1. The molecule has 1 heterocycles. The highest BCUT2D eigenvalue weighted by atomic mass is 32.1. The molecule has 29 heavy (non-hydrogen) atoms. The number of benzene rings is 2. The van der Waals surface area contributed by atoms with Gasteiger partial charge in [-0.15, -0.1) is 11.3 Å². The fourth-order valence-corrected chi connectivity index (χ4v) is 3.84. The van der Waals surface area contributed by atoms with Gasteiger partial charge in [0.25, 0.3) is 0 Å². The van der Waals surface area contributed by atoms with E-state index in [1.165, 1.54) is 24.5 Å². The van der Waals surface area contributed by atoms with Gasteiger partial charge in [0, 0.05) is 12.5 Å². The molecule has 152 valence electrons. The quantitative estimate of drug-likeness (QED) is 0.383. The van der Waals surface area contributed by atoms with Crippen LogP contribution >= 0.6 is 23.6 Å². The van der Waals surface area contributed by atoms with Crippen molar-refractivity contribution in [2.24, 2.45) is 5.73 Å². The van der Waals surface area contributed by atoms with E-state index in [2.05, 4.69) is 9.72 Å². The van der Waals surface area contributed by atoms with Crippen molar-refractivity contribution in [1.82, 2.24) is 4.98 Å². The van der Waals surface area contributed by atoms with Gasteiger partial charge in [0.1, 0.15) is 23.4 Å². The van der Waals surface area contributed by atoms with Crippen molar-refractivity contribution in [3.05, 3.63) is 68.2 Å². The van der Waals surface area contributed by atoms with Crippen molar-refractivity contribution < 1.29 is 23.8 Å². The molecule has 4 N–H and O–H groups in total. The second-order valence-corrected chi connectivity index (χ2v) is 8.07. The van der Waals surface area contributed by atoms with E-state index < -0.39 is 17.8 Å². The molecule has 3 rings (SSSR count). The first-order valence-electron chi connectivity index (χ1n) is 8.65. The first-order valence-corrected chi connectivity index (χ1v) is 9.87. The van der Waals surface area contributed by atoms with Crippen molar-refractivity contribution in [1.29, 1.82) is 0 Å². The fourth-order valence-electron chi connectivity index (χ4n) is 2.70. The maximum atomic E-state index is 14.4. The average Bonchev–Trinajstić information content (AvgIpc) is 3.01. The number of carbonyl (C=O) groups is 1. The minimum atomic E-state index is -0.731. The number of nitrogens with two attached hydrogens (primary N) is 1. The molecule has 0 saturated carbocycles. The number of methoxy groups -OCH3 is 1. The number of halogens is 1. The van der Waals surface area contributed by atoms with E-state index >= 15 is 0 Å². The van der Waals surface area contributed by atoms with Gasteiger partial charge in [0.05, 0.1) is 12.0 Å². The highest BCUT2D eigenvalue weighted by Gasteiger charge is 2.14. The van der Waals surface area contributed by atoms with Gasteiger partial charge in [-0.25, -0.2) is 4.39 Å². The van der Waals surface area contributed by atoms with Crippen molar-refractivity contribution in [3.63, 3.8) is 0 Å². The van der Waals surface area contributed by atoms with Crippen molar-refractivity contribution in [3.8, 4) is 17.4 Å². The molecular formula is C20H19FN2O4S2. The van der Waals surface area contributed by atoms with Crippen LogP contribution in [0.25, 0.3) is 0 Å². The van der Waals surface area contributed by atoms with Gasteiger partial charge in [0.15, 0.2) is 3.95 Å². The van der Waals surface area contributed by atoms with Crippen LogP contribution in [0.5, 0.6) is 17.4 Å². The number of H-pyrrole nitrogens is 1. The SMILES string of the molecule is COC(=O)[C@@H](N)Cc1ccc(Oc2ccc(Cc3sc(=S)[nH]c3O)c(F)c2)cc1. The molecule has 0 aliphatic heterocycles. The van der Waals surface area contributed by atoms with Crippen LogP contribution in [0, 0.1) is 9.77 Å². The third-order valence-corrected chi connectivity index (χ3v) is 5.42. The monoisotopic (exact) mass is 434 g/mol. The molecule has 2 aromatic carbocycles. The van der Waals surface area contributed by atoms with E-state index in [4.69, 9.17) is 22.7 Å². The van der Waals surface area contributed by atoms with Crippen LogP contribution in [-0.4, -0.2) is 29.2 Å². The Bertz CT molecular complexity index is 1060. The molecule has 0 saturated heterocycles. The summed E-state index contributed by atoms with van der Waals surface area (Å²) in [4.78, 5) is 14.6. The molecule has 1 atom stereocenters. The summed E-state index contributed by atoms with van der Waals surface area (Å²) in [6.45, 7) is 0. The molecule has 0 amide bonds. The van der Waals surface area contributed by atoms with Crippen LogP contribution in [0.2, 0.25) is 0 Å². The Labute approximate surface area is 175 Å². The minimum Gasteiger partial charge on any atom is -0.494 e. The van der Waals surface area contributed by atoms with E-state index in [0.717, 1.165) is 5.56 Å². The Morgan fingerprint density at radius 2 is 1.97 bits per heavy atom. The normalized spacial score (nSPS) is 11.8. The third kappa shape index (κ3) is 5.41. The molecule has 3 aromatic rings. The summed E-state index contributed by atoms with van der Waals surface area (Å²) in [5, 5.41) is 9.76. The van der Waals surface area contributed by atoms with E-state index in [1.807, 2.05) is 0 Å². The van der Waals surface area contributed by atoms with Gasteiger partial charge in [-0.1, -0.05) is 18.2 Å². The average molecular weight is 435 g/mol. The Balaban J connectivity index is 1.66. The lowest BCUT2D eigenvalue weighted by Gasteiger charge is -2.11. The number of nitrogens with one attached hydrogen (secondary N) is 1. The lowest BCUT2D eigenvalue weighted by Crippen LogP contribution is -2.33. The van der Waals surface area contributed by atoms with Crippen LogP contribution in [0.4, 0.5) is 4.39 Å². The second-order valence-electron chi connectivity index (χ2n) is 6.30. The maximum Gasteiger partial charge on any atom is 0.322 e. The zero-order chi connectivity index (χ0) is 21.0.